The SMILES string of the molecule is O=C(O)C=Cc1ccc(OC2CCS(=O)(=O)C2)cn1. The summed E-state index contributed by atoms with van der Waals surface area (Å²) >= 11 is 0. The lowest BCUT2D eigenvalue weighted by Crippen LogP contribution is -2.17. The van der Waals surface area contributed by atoms with Gasteiger partial charge in [0.25, 0.3) is 0 Å². The van der Waals surface area contributed by atoms with Gasteiger partial charge in [0.05, 0.1) is 23.4 Å². The molecule has 0 radical (unpaired) electrons. The molecule has 2 rings (SSSR count). The van der Waals surface area contributed by atoms with Crippen molar-refractivity contribution < 1.29 is 23.1 Å². The number of nitrogens with zero attached hydrogens (tertiary/aromatic N) is 1. The van der Waals surface area contributed by atoms with Gasteiger partial charge in [-0.05, 0) is 24.6 Å². The maximum Gasteiger partial charge on any atom is 0.328 e. The highest BCUT2D eigenvalue weighted by Gasteiger charge is 2.29. The predicted octanol–water partition coefficient (Wildman–Crippen LogP) is 0.745. The van der Waals surface area contributed by atoms with Gasteiger partial charge in [-0.3, -0.25) is 4.98 Å². The van der Waals surface area contributed by atoms with Crippen LogP contribution in [-0.2, 0) is 14.6 Å². The van der Waals surface area contributed by atoms with Crippen LogP contribution in [0.3, 0.4) is 0 Å². The largest absolute Gasteiger partial charge is 0.488 e. The van der Waals surface area contributed by atoms with E-state index in [-0.39, 0.29) is 17.6 Å². The summed E-state index contributed by atoms with van der Waals surface area (Å²) in [6, 6.07) is 3.25. The van der Waals surface area contributed by atoms with Crippen molar-refractivity contribution in [1.82, 2.24) is 4.98 Å². The second kappa shape index (κ2) is 5.40. The van der Waals surface area contributed by atoms with E-state index < -0.39 is 15.8 Å². The average molecular weight is 283 g/mol. The van der Waals surface area contributed by atoms with Crippen molar-refractivity contribution in [3.05, 3.63) is 30.1 Å². The first-order valence-corrected chi connectivity index (χ1v) is 7.51. The minimum atomic E-state index is -2.96. The zero-order chi connectivity index (χ0) is 13.9. The summed E-state index contributed by atoms with van der Waals surface area (Å²) in [4.78, 5) is 14.3. The fraction of sp³-hybridized carbons (Fsp3) is 0.333. The van der Waals surface area contributed by atoms with E-state index in [9.17, 15) is 13.2 Å². The smallest absolute Gasteiger partial charge is 0.328 e. The molecule has 1 atom stereocenters. The molecule has 1 aromatic rings. The van der Waals surface area contributed by atoms with Gasteiger partial charge < -0.3 is 9.84 Å². The van der Waals surface area contributed by atoms with E-state index in [1.807, 2.05) is 0 Å². The molecule has 0 saturated carbocycles. The van der Waals surface area contributed by atoms with Crippen molar-refractivity contribution in [2.45, 2.75) is 12.5 Å². The molecule has 102 valence electrons. The Morgan fingerprint density at radius 2 is 2.26 bits per heavy atom. The number of carboxylic acids is 1. The standard InChI is InChI=1S/C12H13NO5S/c14-12(15)4-2-9-1-3-10(7-13-9)18-11-5-6-19(16,17)8-11/h1-4,7,11H,5-6,8H2,(H,14,15). The molecule has 1 aromatic heterocycles. The quantitative estimate of drug-likeness (QED) is 0.819. The molecule has 0 bridgehead atoms. The van der Waals surface area contributed by atoms with Crippen LogP contribution in [0, 0.1) is 0 Å². The fourth-order valence-corrected chi connectivity index (χ4v) is 3.35. The molecule has 1 saturated heterocycles. The van der Waals surface area contributed by atoms with E-state index in [2.05, 4.69) is 4.98 Å². The normalized spacial score (nSPS) is 21.6. The third kappa shape index (κ3) is 4.06. The lowest BCUT2D eigenvalue weighted by Gasteiger charge is -2.11. The fourth-order valence-electron chi connectivity index (χ4n) is 1.76. The Morgan fingerprint density at radius 1 is 1.47 bits per heavy atom. The lowest BCUT2D eigenvalue weighted by atomic mass is 10.3. The third-order valence-corrected chi connectivity index (χ3v) is 4.39. The lowest BCUT2D eigenvalue weighted by molar-refractivity contribution is -0.131. The van der Waals surface area contributed by atoms with Crippen LogP contribution >= 0.6 is 0 Å². The zero-order valence-electron chi connectivity index (χ0n) is 10.0. The van der Waals surface area contributed by atoms with Crippen molar-refractivity contribution in [3.8, 4) is 5.75 Å². The number of aliphatic carboxylic acids is 1. The Balaban J connectivity index is 1.98. The Kier molecular flexibility index (Phi) is 3.84. The molecular formula is C12H13NO5S. The maximum atomic E-state index is 11.3. The number of carbonyl (C=O) groups is 1. The number of rotatable bonds is 4. The minimum Gasteiger partial charge on any atom is -0.488 e. The van der Waals surface area contributed by atoms with Crippen LogP contribution < -0.4 is 4.74 Å². The summed E-state index contributed by atoms with van der Waals surface area (Å²) in [5.41, 5.74) is 0.494. The van der Waals surface area contributed by atoms with Gasteiger partial charge >= 0.3 is 5.97 Å². The van der Waals surface area contributed by atoms with E-state index in [4.69, 9.17) is 9.84 Å². The van der Waals surface area contributed by atoms with Crippen LogP contribution in [0.2, 0.25) is 0 Å². The minimum absolute atomic E-state index is 0.0354. The summed E-state index contributed by atoms with van der Waals surface area (Å²) < 4.78 is 28.1. The molecule has 1 N–H and O–H groups in total. The first-order chi connectivity index (χ1) is 8.94. The molecular weight excluding hydrogens is 270 g/mol. The highest BCUT2D eigenvalue weighted by molar-refractivity contribution is 7.91. The van der Waals surface area contributed by atoms with Gasteiger partial charge in [-0.2, -0.15) is 0 Å². The van der Waals surface area contributed by atoms with Crippen LogP contribution in [0.25, 0.3) is 6.08 Å². The number of hydrogen-bond donors (Lipinski definition) is 1. The van der Waals surface area contributed by atoms with Gasteiger partial charge in [-0.15, -0.1) is 0 Å². The highest BCUT2D eigenvalue weighted by atomic mass is 32.2. The molecule has 0 aliphatic carbocycles. The molecule has 6 nitrogen and oxygen atoms in total. The van der Waals surface area contributed by atoms with Gasteiger partial charge in [0, 0.05) is 6.08 Å². The van der Waals surface area contributed by atoms with Gasteiger partial charge in [0.2, 0.25) is 0 Å². The topological polar surface area (TPSA) is 93.6 Å². The Labute approximate surface area is 110 Å². The van der Waals surface area contributed by atoms with Gasteiger partial charge in [0.1, 0.15) is 11.9 Å². The molecule has 1 fully saturated rings. The molecule has 1 aliphatic heterocycles. The summed E-state index contributed by atoms with van der Waals surface area (Å²) in [6.45, 7) is 0. The van der Waals surface area contributed by atoms with E-state index in [0.717, 1.165) is 6.08 Å². The Bertz CT molecular complexity index is 591. The monoisotopic (exact) mass is 283 g/mol. The predicted molar refractivity (Wildman–Crippen MR) is 68.6 cm³/mol. The van der Waals surface area contributed by atoms with Crippen molar-refractivity contribution in [1.29, 1.82) is 0 Å². The summed E-state index contributed by atoms with van der Waals surface area (Å²) in [5.74, 6) is -0.370. The zero-order valence-corrected chi connectivity index (χ0v) is 10.8. The van der Waals surface area contributed by atoms with Crippen LogP contribution in [0.1, 0.15) is 12.1 Å². The number of hydrogen-bond acceptors (Lipinski definition) is 5. The highest BCUT2D eigenvalue weighted by Crippen LogP contribution is 2.19. The van der Waals surface area contributed by atoms with E-state index in [1.165, 1.54) is 12.3 Å². The van der Waals surface area contributed by atoms with Crippen LogP contribution in [-0.4, -0.2) is 42.1 Å². The van der Waals surface area contributed by atoms with Crippen LogP contribution in [0.15, 0.2) is 24.4 Å². The number of carboxylic acid groups (broad SMARTS) is 1. The van der Waals surface area contributed by atoms with E-state index in [1.54, 1.807) is 12.1 Å². The van der Waals surface area contributed by atoms with Crippen LogP contribution in [0.4, 0.5) is 0 Å². The number of aromatic nitrogens is 1. The summed E-state index contributed by atoms with van der Waals surface area (Å²) in [5, 5.41) is 8.47. The van der Waals surface area contributed by atoms with Crippen LogP contribution in [0.5, 0.6) is 5.75 Å². The molecule has 0 amide bonds. The van der Waals surface area contributed by atoms with Crippen molar-refractivity contribution in [3.63, 3.8) is 0 Å². The molecule has 1 aliphatic rings. The third-order valence-electron chi connectivity index (χ3n) is 2.65. The van der Waals surface area contributed by atoms with Crippen molar-refractivity contribution in [2.75, 3.05) is 11.5 Å². The van der Waals surface area contributed by atoms with Crippen molar-refractivity contribution in [2.24, 2.45) is 0 Å². The number of pyridine rings is 1. The van der Waals surface area contributed by atoms with Gasteiger partial charge in [0.15, 0.2) is 9.84 Å². The molecule has 1 unspecified atom stereocenters. The first-order valence-electron chi connectivity index (χ1n) is 5.69. The maximum absolute atomic E-state index is 11.3. The summed E-state index contributed by atoms with van der Waals surface area (Å²) in [7, 11) is -2.96. The first kappa shape index (κ1) is 13.5. The molecule has 2 heterocycles. The average Bonchev–Trinajstić information content (AvgIpc) is 2.68. The molecule has 0 aromatic carbocycles. The second-order valence-electron chi connectivity index (χ2n) is 4.23. The van der Waals surface area contributed by atoms with Gasteiger partial charge in [-0.1, -0.05) is 0 Å². The van der Waals surface area contributed by atoms with E-state index in [0.29, 0.717) is 17.9 Å². The Hall–Kier alpha value is -1.89. The van der Waals surface area contributed by atoms with Gasteiger partial charge in [-0.25, -0.2) is 13.2 Å². The molecule has 19 heavy (non-hydrogen) atoms. The summed E-state index contributed by atoms with van der Waals surface area (Å²) in [6.07, 6.45) is 3.97. The number of ether oxygens (including phenoxy) is 1. The van der Waals surface area contributed by atoms with E-state index >= 15 is 0 Å². The Morgan fingerprint density at radius 3 is 2.79 bits per heavy atom. The molecule has 0 spiro atoms. The number of sulfone groups is 1. The molecule has 7 heteroatoms. The second-order valence-corrected chi connectivity index (χ2v) is 6.46. The van der Waals surface area contributed by atoms with Crippen molar-refractivity contribution >= 4 is 21.9 Å².